The van der Waals surface area contributed by atoms with Gasteiger partial charge in [0.2, 0.25) is 0 Å². The molecule has 1 saturated heterocycles. The number of nitrogens with two attached hydrogens (primary N) is 2. The first-order chi connectivity index (χ1) is 7.29. The normalized spacial score (nSPS) is 23.7. The van der Waals surface area contributed by atoms with Crippen LogP contribution in [0.3, 0.4) is 0 Å². The molecule has 2 heterocycles. The van der Waals surface area contributed by atoms with Crippen molar-refractivity contribution in [2.45, 2.75) is 30.6 Å². The van der Waals surface area contributed by atoms with Gasteiger partial charge >= 0.3 is 0 Å². The van der Waals surface area contributed by atoms with E-state index in [2.05, 4.69) is 4.98 Å². The summed E-state index contributed by atoms with van der Waals surface area (Å²) in [4.78, 5) is 4.08. The Morgan fingerprint density at radius 1 is 1.47 bits per heavy atom. The van der Waals surface area contributed by atoms with E-state index in [4.69, 9.17) is 11.5 Å². The smallest absolute Gasteiger partial charge is 0.128 e. The molecule has 0 saturated carbocycles. The van der Waals surface area contributed by atoms with Crippen LogP contribution in [-0.4, -0.2) is 16.0 Å². The molecule has 2 rings (SSSR count). The Morgan fingerprint density at radius 2 is 2.33 bits per heavy atom. The van der Waals surface area contributed by atoms with E-state index in [-0.39, 0.29) is 6.04 Å². The fourth-order valence-corrected chi connectivity index (χ4v) is 3.32. The molecular weight excluding hydrogens is 206 g/mol. The molecule has 4 N–H and O–H groups in total. The Balaban J connectivity index is 2.12. The van der Waals surface area contributed by atoms with Gasteiger partial charge in [-0.15, -0.1) is 0 Å². The van der Waals surface area contributed by atoms with Crippen molar-refractivity contribution in [2.24, 2.45) is 5.73 Å². The molecule has 2 atom stereocenters. The zero-order valence-electron chi connectivity index (χ0n) is 8.73. The third-order valence-corrected chi connectivity index (χ3v) is 4.33. The third kappa shape index (κ3) is 2.44. The van der Waals surface area contributed by atoms with Gasteiger partial charge < -0.3 is 11.5 Å². The summed E-state index contributed by atoms with van der Waals surface area (Å²) < 4.78 is 0. The van der Waals surface area contributed by atoms with Crippen LogP contribution in [0.5, 0.6) is 0 Å². The van der Waals surface area contributed by atoms with E-state index >= 15 is 0 Å². The molecule has 82 valence electrons. The van der Waals surface area contributed by atoms with E-state index in [9.17, 15) is 0 Å². The first-order valence-corrected chi connectivity index (χ1v) is 6.41. The number of nitrogens with zero attached hydrogens (tertiary/aromatic N) is 1. The van der Waals surface area contributed by atoms with Crippen molar-refractivity contribution in [3.05, 3.63) is 23.9 Å². The molecule has 1 aliphatic heterocycles. The molecule has 0 radical (unpaired) electrons. The molecule has 1 aliphatic rings. The molecule has 2 unspecified atom stereocenters. The number of rotatable bonds is 2. The van der Waals surface area contributed by atoms with Gasteiger partial charge in [-0.2, -0.15) is 11.8 Å². The summed E-state index contributed by atoms with van der Waals surface area (Å²) in [5.74, 6) is 1.80. The maximum absolute atomic E-state index is 6.23. The number of thioether (sulfide) groups is 1. The second-order valence-electron chi connectivity index (χ2n) is 3.91. The molecule has 1 aromatic heterocycles. The van der Waals surface area contributed by atoms with Crippen molar-refractivity contribution in [3.63, 3.8) is 0 Å². The van der Waals surface area contributed by atoms with E-state index in [1.165, 1.54) is 25.0 Å². The van der Waals surface area contributed by atoms with Crippen molar-refractivity contribution in [2.75, 3.05) is 11.5 Å². The first-order valence-electron chi connectivity index (χ1n) is 5.36. The van der Waals surface area contributed by atoms with Crippen molar-refractivity contribution >= 4 is 17.6 Å². The lowest BCUT2D eigenvalue weighted by Gasteiger charge is -2.27. The minimum Gasteiger partial charge on any atom is -0.383 e. The van der Waals surface area contributed by atoms with Crippen molar-refractivity contribution in [1.29, 1.82) is 0 Å². The zero-order valence-corrected chi connectivity index (χ0v) is 9.54. The Labute approximate surface area is 94.6 Å². The van der Waals surface area contributed by atoms with Gasteiger partial charge in [-0.05, 0) is 24.7 Å². The molecule has 0 spiro atoms. The number of hydrogen-bond acceptors (Lipinski definition) is 4. The van der Waals surface area contributed by atoms with Crippen LogP contribution in [0.4, 0.5) is 5.82 Å². The second-order valence-corrected chi connectivity index (χ2v) is 5.26. The summed E-state index contributed by atoms with van der Waals surface area (Å²) in [6.45, 7) is 0. The van der Waals surface area contributed by atoms with E-state index in [1.54, 1.807) is 6.20 Å². The van der Waals surface area contributed by atoms with E-state index in [0.29, 0.717) is 11.1 Å². The van der Waals surface area contributed by atoms with Crippen molar-refractivity contribution in [1.82, 2.24) is 4.98 Å². The number of aromatic nitrogens is 1. The monoisotopic (exact) mass is 223 g/mol. The van der Waals surface area contributed by atoms with Gasteiger partial charge in [0, 0.05) is 23.1 Å². The minimum absolute atomic E-state index is 0.0315. The van der Waals surface area contributed by atoms with Gasteiger partial charge in [-0.1, -0.05) is 12.5 Å². The summed E-state index contributed by atoms with van der Waals surface area (Å²) >= 11 is 1.97. The highest BCUT2D eigenvalue weighted by Crippen LogP contribution is 2.34. The van der Waals surface area contributed by atoms with Crippen LogP contribution < -0.4 is 11.5 Å². The number of pyridine rings is 1. The largest absolute Gasteiger partial charge is 0.383 e. The first kappa shape index (κ1) is 10.8. The average molecular weight is 223 g/mol. The topological polar surface area (TPSA) is 64.9 Å². The number of nitrogen functional groups attached to an aromatic ring is 1. The fourth-order valence-electron chi connectivity index (χ4n) is 1.96. The van der Waals surface area contributed by atoms with Crippen molar-refractivity contribution in [3.8, 4) is 0 Å². The Morgan fingerprint density at radius 3 is 3.00 bits per heavy atom. The maximum Gasteiger partial charge on any atom is 0.128 e. The van der Waals surface area contributed by atoms with Crippen LogP contribution in [0.25, 0.3) is 0 Å². The van der Waals surface area contributed by atoms with Crippen molar-refractivity contribution < 1.29 is 0 Å². The van der Waals surface area contributed by atoms with Gasteiger partial charge in [-0.3, -0.25) is 0 Å². The van der Waals surface area contributed by atoms with Crippen LogP contribution >= 0.6 is 11.8 Å². The quantitative estimate of drug-likeness (QED) is 0.804. The lowest BCUT2D eigenvalue weighted by atomic mass is 10.0. The highest BCUT2D eigenvalue weighted by molar-refractivity contribution is 8.00. The van der Waals surface area contributed by atoms with Gasteiger partial charge in [0.25, 0.3) is 0 Å². The van der Waals surface area contributed by atoms with Gasteiger partial charge in [0.05, 0.1) is 0 Å². The summed E-state index contributed by atoms with van der Waals surface area (Å²) in [6, 6.07) is 3.92. The number of hydrogen-bond donors (Lipinski definition) is 2. The zero-order chi connectivity index (χ0) is 10.7. The molecule has 1 fully saturated rings. The van der Waals surface area contributed by atoms with Crippen LogP contribution in [0.15, 0.2) is 18.3 Å². The van der Waals surface area contributed by atoms with Crippen LogP contribution in [-0.2, 0) is 0 Å². The predicted molar refractivity (Wildman–Crippen MR) is 65.7 cm³/mol. The molecule has 0 aromatic carbocycles. The summed E-state index contributed by atoms with van der Waals surface area (Å²) in [7, 11) is 0. The summed E-state index contributed by atoms with van der Waals surface area (Å²) in [5.41, 5.74) is 13.1. The minimum atomic E-state index is 0.0315. The average Bonchev–Trinajstić information content (AvgIpc) is 2.30. The Hall–Kier alpha value is -0.740. The van der Waals surface area contributed by atoms with Crippen LogP contribution in [0.1, 0.15) is 30.9 Å². The third-order valence-electron chi connectivity index (χ3n) is 2.85. The summed E-state index contributed by atoms with van der Waals surface area (Å²) in [6.07, 6.45) is 5.50. The molecular formula is C11H17N3S. The fraction of sp³-hybridized carbons (Fsp3) is 0.545. The van der Waals surface area contributed by atoms with E-state index in [1.807, 2.05) is 23.9 Å². The predicted octanol–water partition coefficient (Wildman–Crippen LogP) is 1.95. The molecule has 0 aliphatic carbocycles. The van der Waals surface area contributed by atoms with E-state index in [0.717, 1.165) is 5.56 Å². The van der Waals surface area contributed by atoms with Gasteiger partial charge in [0.1, 0.15) is 5.82 Å². The van der Waals surface area contributed by atoms with E-state index < -0.39 is 0 Å². The molecule has 1 aromatic rings. The lowest BCUT2D eigenvalue weighted by molar-refractivity contribution is 0.582. The lowest BCUT2D eigenvalue weighted by Crippen LogP contribution is -2.27. The van der Waals surface area contributed by atoms with Gasteiger partial charge in [-0.25, -0.2) is 4.98 Å². The Bertz CT molecular complexity index is 323. The van der Waals surface area contributed by atoms with Gasteiger partial charge in [0.15, 0.2) is 0 Å². The summed E-state index contributed by atoms with van der Waals surface area (Å²) in [5, 5.41) is 0.505. The number of anilines is 1. The SMILES string of the molecule is Nc1ncccc1C(N)C1CCCCS1. The van der Waals surface area contributed by atoms with Crippen LogP contribution in [0.2, 0.25) is 0 Å². The second kappa shape index (κ2) is 4.86. The molecule has 0 bridgehead atoms. The maximum atomic E-state index is 6.23. The standard InChI is InChI=1S/C11H17N3S/c12-10(9-5-1-2-7-15-9)8-4-3-6-14-11(8)13/h3-4,6,9-10H,1-2,5,7,12H2,(H2,13,14). The highest BCUT2D eigenvalue weighted by atomic mass is 32.2. The Kier molecular flexibility index (Phi) is 3.49. The molecule has 15 heavy (non-hydrogen) atoms. The highest BCUT2D eigenvalue weighted by Gasteiger charge is 2.23. The van der Waals surface area contributed by atoms with Crippen LogP contribution in [0, 0.1) is 0 Å². The molecule has 0 amide bonds. The molecule has 4 heteroatoms. The molecule has 3 nitrogen and oxygen atoms in total.